The second-order valence-corrected chi connectivity index (χ2v) is 6.17. The zero-order chi connectivity index (χ0) is 12.4. The standard InChI is InChI=1S/C14H21BrN2/c1-10-3-4-11(2)17(8-10)9-12-5-6-14(16)13(15)7-12/h5-7,10-11H,3-4,8-9,16H2,1-2H3. The van der Waals surface area contributed by atoms with E-state index in [-0.39, 0.29) is 0 Å². The van der Waals surface area contributed by atoms with Crippen molar-refractivity contribution in [2.75, 3.05) is 12.3 Å². The number of piperidine rings is 1. The molecule has 3 heteroatoms. The molecule has 1 aliphatic heterocycles. The van der Waals surface area contributed by atoms with Crippen LogP contribution in [0.5, 0.6) is 0 Å². The molecule has 0 radical (unpaired) electrons. The molecular formula is C14H21BrN2. The molecule has 2 nitrogen and oxygen atoms in total. The molecule has 1 aromatic carbocycles. The Morgan fingerprint density at radius 3 is 2.82 bits per heavy atom. The van der Waals surface area contributed by atoms with Gasteiger partial charge in [0.15, 0.2) is 0 Å². The van der Waals surface area contributed by atoms with Gasteiger partial charge in [-0.15, -0.1) is 0 Å². The molecule has 0 spiro atoms. The van der Waals surface area contributed by atoms with Crippen LogP contribution < -0.4 is 5.73 Å². The molecule has 1 saturated heterocycles. The Morgan fingerprint density at radius 2 is 2.12 bits per heavy atom. The number of hydrogen-bond acceptors (Lipinski definition) is 2. The second-order valence-electron chi connectivity index (χ2n) is 5.32. The first-order chi connectivity index (χ1) is 8.06. The van der Waals surface area contributed by atoms with Crippen molar-refractivity contribution in [1.29, 1.82) is 0 Å². The van der Waals surface area contributed by atoms with Gasteiger partial charge in [0.05, 0.1) is 0 Å². The number of anilines is 1. The van der Waals surface area contributed by atoms with E-state index in [1.165, 1.54) is 24.9 Å². The van der Waals surface area contributed by atoms with Crippen LogP contribution in [-0.4, -0.2) is 17.5 Å². The van der Waals surface area contributed by atoms with Gasteiger partial charge < -0.3 is 5.73 Å². The molecule has 2 atom stereocenters. The SMILES string of the molecule is CC1CCC(C)N(Cc2ccc(N)c(Br)c2)C1. The van der Waals surface area contributed by atoms with E-state index in [1.54, 1.807) is 0 Å². The van der Waals surface area contributed by atoms with Crippen molar-refractivity contribution in [3.63, 3.8) is 0 Å². The van der Waals surface area contributed by atoms with Gasteiger partial charge in [0.2, 0.25) is 0 Å². The largest absolute Gasteiger partial charge is 0.398 e. The van der Waals surface area contributed by atoms with Gasteiger partial charge in [-0.2, -0.15) is 0 Å². The summed E-state index contributed by atoms with van der Waals surface area (Å²) in [6.45, 7) is 6.92. The maximum Gasteiger partial charge on any atom is 0.0458 e. The van der Waals surface area contributed by atoms with E-state index < -0.39 is 0 Å². The summed E-state index contributed by atoms with van der Waals surface area (Å²) in [7, 11) is 0. The normalized spacial score (nSPS) is 26.1. The Labute approximate surface area is 112 Å². The molecule has 0 amide bonds. The quantitative estimate of drug-likeness (QED) is 0.844. The lowest BCUT2D eigenvalue weighted by atomic mass is 9.94. The minimum atomic E-state index is 0.697. The number of rotatable bonds is 2. The zero-order valence-corrected chi connectivity index (χ0v) is 12.2. The number of nitrogens with zero attached hydrogens (tertiary/aromatic N) is 1. The highest BCUT2D eigenvalue weighted by atomic mass is 79.9. The smallest absolute Gasteiger partial charge is 0.0458 e. The second kappa shape index (κ2) is 5.40. The third-order valence-corrected chi connectivity index (χ3v) is 4.38. The van der Waals surface area contributed by atoms with Crippen LogP contribution in [0.25, 0.3) is 0 Å². The highest BCUT2D eigenvalue weighted by Crippen LogP contribution is 2.25. The van der Waals surface area contributed by atoms with E-state index in [4.69, 9.17) is 5.73 Å². The molecule has 2 rings (SSSR count). The fourth-order valence-electron chi connectivity index (χ4n) is 2.50. The first-order valence-electron chi connectivity index (χ1n) is 6.34. The first-order valence-corrected chi connectivity index (χ1v) is 7.13. The minimum Gasteiger partial charge on any atom is -0.398 e. The molecule has 2 unspecified atom stereocenters. The molecule has 17 heavy (non-hydrogen) atoms. The van der Waals surface area contributed by atoms with E-state index in [2.05, 4.69) is 46.8 Å². The molecule has 0 aromatic heterocycles. The maximum atomic E-state index is 5.81. The molecule has 1 fully saturated rings. The average Bonchev–Trinajstić information content (AvgIpc) is 2.29. The average molecular weight is 297 g/mol. The lowest BCUT2D eigenvalue weighted by Gasteiger charge is -2.36. The fourth-order valence-corrected chi connectivity index (χ4v) is 2.93. The third-order valence-electron chi connectivity index (χ3n) is 3.70. The monoisotopic (exact) mass is 296 g/mol. The fraction of sp³-hybridized carbons (Fsp3) is 0.571. The van der Waals surface area contributed by atoms with Gasteiger partial charge in [0.1, 0.15) is 0 Å². The van der Waals surface area contributed by atoms with Crippen LogP contribution in [0.15, 0.2) is 22.7 Å². The summed E-state index contributed by atoms with van der Waals surface area (Å²) < 4.78 is 1.01. The summed E-state index contributed by atoms with van der Waals surface area (Å²) >= 11 is 3.49. The van der Waals surface area contributed by atoms with Gasteiger partial charge in [0.25, 0.3) is 0 Å². The number of halogens is 1. The van der Waals surface area contributed by atoms with Gasteiger partial charge in [-0.05, 0) is 59.3 Å². The van der Waals surface area contributed by atoms with Crippen molar-refractivity contribution in [1.82, 2.24) is 4.90 Å². The number of nitrogens with two attached hydrogens (primary N) is 1. The Balaban J connectivity index is 2.06. The number of nitrogen functional groups attached to an aromatic ring is 1. The van der Waals surface area contributed by atoms with Crippen LogP contribution >= 0.6 is 15.9 Å². The first kappa shape index (κ1) is 12.9. The van der Waals surface area contributed by atoms with Crippen molar-refractivity contribution in [3.05, 3.63) is 28.2 Å². The van der Waals surface area contributed by atoms with E-state index in [0.717, 1.165) is 22.6 Å². The highest BCUT2D eigenvalue weighted by Gasteiger charge is 2.22. The van der Waals surface area contributed by atoms with Crippen molar-refractivity contribution >= 4 is 21.6 Å². The maximum absolute atomic E-state index is 5.81. The van der Waals surface area contributed by atoms with E-state index >= 15 is 0 Å². The van der Waals surface area contributed by atoms with Crippen LogP contribution in [0.1, 0.15) is 32.3 Å². The molecular weight excluding hydrogens is 276 g/mol. The topological polar surface area (TPSA) is 29.3 Å². The van der Waals surface area contributed by atoms with Crippen LogP contribution in [0, 0.1) is 5.92 Å². The van der Waals surface area contributed by atoms with Crippen LogP contribution in [0.3, 0.4) is 0 Å². The van der Waals surface area contributed by atoms with E-state index in [0.29, 0.717) is 6.04 Å². The van der Waals surface area contributed by atoms with Gasteiger partial charge >= 0.3 is 0 Å². The van der Waals surface area contributed by atoms with Gasteiger partial charge in [0, 0.05) is 29.3 Å². The Hall–Kier alpha value is -0.540. The highest BCUT2D eigenvalue weighted by molar-refractivity contribution is 9.10. The number of likely N-dealkylation sites (tertiary alicyclic amines) is 1. The zero-order valence-electron chi connectivity index (χ0n) is 10.6. The lowest BCUT2D eigenvalue weighted by Crippen LogP contribution is -2.40. The molecule has 0 saturated carbocycles. The molecule has 1 heterocycles. The lowest BCUT2D eigenvalue weighted by molar-refractivity contribution is 0.117. The van der Waals surface area contributed by atoms with Crippen molar-refractivity contribution < 1.29 is 0 Å². The number of hydrogen-bond donors (Lipinski definition) is 1. The van der Waals surface area contributed by atoms with Crippen molar-refractivity contribution in [2.45, 2.75) is 39.3 Å². The van der Waals surface area contributed by atoms with E-state index in [9.17, 15) is 0 Å². The Morgan fingerprint density at radius 1 is 1.35 bits per heavy atom. The summed E-state index contributed by atoms with van der Waals surface area (Å²) in [4.78, 5) is 2.58. The van der Waals surface area contributed by atoms with Crippen LogP contribution in [-0.2, 0) is 6.54 Å². The van der Waals surface area contributed by atoms with Gasteiger partial charge in [-0.25, -0.2) is 0 Å². The molecule has 1 aliphatic rings. The molecule has 0 bridgehead atoms. The third kappa shape index (κ3) is 3.23. The number of benzene rings is 1. The minimum absolute atomic E-state index is 0.697. The molecule has 94 valence electrons. The molecule has 2 N–H and O–H groups in total. The summed E-state index contributed by atoms with van der Waals surface area (Å²) in [5, 5.41) is 0. The molecule has 1 aromatic rings. The van der Waals surface area contributed by atoms with Crippen LogP contribution in [0.4, 0.5) is 5.69 Å². The Bertz CT molecular complexity index is 392. The summed E-state index contributed by atoms with van der Waals surface area (Å²) in [6.07, 6.45) is 2.68. The van der Waals surface area contributed by atoms with Crippen molar-refractivity contribution in [3.8, 4) is 0 Å². The predicted molar refractivity (Wildman–Crippen MR) is 76.8 cm³/mol. The van der Waals surface area contributed by atoms with Gasteiger partial charge in [-0.1, -0.05) is 13.0 Å². The predicted octanol–water partition coefficient (Wildman–Crippen LogP) is 3.65. The van der Waals surface area contributed by atoms with Crippen LogP contribution in [0.2, 0.25) is 0 Å². The summed E-state index contributed by atoms with van der Waals surface area (Å²) in [6, 6.07) is 6.95. The van der Waals surface area contributed by atoms with E-state index in [1.807, 2.05) is 6.07 Å². The molecule has 0 aliphatic carbocycles. The van der Waals surface area contributed by atoms with Crippen molar-refractivity contribution in [2.24, 2.45) is 5.92 Å². The van der Waals surface area contributed by atoms with Gasteiger partial charge in [-0.3, -0.25) is 4.90 Å². The Kier molecular flexibility index (Phi) is 4.10. The summed E-state index contributed by atoms with van der Waals surface area (Å²) in [5.41, 5.74) is 7.96. The summed E-state index contributed by atoms with van der Waals surface area (Å²) in [5.74, 6) is 0.823.